The van der Waals surface area contributed by atoms with Crippen molar-refractivity contribution in [2.45, 2.75) is 46.2 Å². The first-order valence-corrected chi connectivity index (χ1v) is 4.37. The van der Waals surface area contributed by atoms with E-state index < -0.39 is 0 Å². The molecular formula is C9H19N. The van der Waals surface area contributed by atoms with E-state index in [0.29, 0.717) is 0 Å². The molecular weight excluding hydrogens is 122 g/mol. The van der Waals surface area contributed by atoms with E-state index in [0.717, 1.165) is 23.9 Å². The van der Waals surface area contributed by atoms with Crippen LogP contribution in [0.4, 0.5) is 0 Å². The van der Waals surface area contributed by atoms with Crippen molar-refractivity contribution in [1.29, 1.82) is 0 Å². The molecule has 0 aromatic rings. The van der Waals surface area contributed by atoms with Gasteiger partial charge in [0.15, 0.2) is 0 Å². The second-order valence-corrected chi connectivity index (χ2v) is 4.17. The summed E-state index contributed by atoms with van der Waals surface area (Å²) in [7, 11) is 0. The Morgan fingerprint density at radius 3 is 2.10 bits per heavy atom. The van der Waals surface area contributed by atoms with Crippen LogP contribution in [-0.2, 0) is 0 Å². The Hall–Kier alpha value is -0.0400. The summed E-state index contributed by atoms with van der Waals surface area (Å²) in [6.45, 7) is 9.16. The van der Waals surface area contributed by atoms with Gasteiger partial charge in [-0.15, -0.1) is 0 Å². The van der Waals surface area contributed by atoms with E-state index in [-0.39, 0.29) is 0 Å². The minimum atomic E-state index is 0.822. The van der Waals surface area contributed by atoms with E-state index in [2.05, 4.69) is 33.0 Å². The lowest BCUT2D eigenvalue weighted by Crippen LogP contribution is -2.04. The normalized spacial score (nSPS) is 31.8. The largest absolute Gasteiger partial charge is 0.308 e. The van der Waals surface area contributed by atoms with Crippen LogP contribution < -0.4 is 5.32 Å². The van der Waals surface area contributed by atoms with Crippen molar-refractivity contribution in [1.82, 2.24) is 5.32 Å². The lowest BCUT2D eigenvalue weighted by atomic mass is 10.0. The quantitative estimate of drug-likeness (QED) is 0.597. The average molecular weight is 141 g/mol. The van der Waals surface area contributed by atoms with Crippen LogP contribution >= 0.6 is 0 Å². The molecule has 1 heterocycles. The fourth-order valence-corrected chi connectivity index (χ4v) is 1.57. The molecule has 1 N–H and O–H groups in total. The van der Waals surface area contributed by atoms with Crippen molar-refractivity contribution in [2.24, 2.45) is 11.8 Å². The Balaban J connectivity index is 2.13. The Morgan fingerprint density at radius 1 is 1.20 bits per heavy atom. The van der Waals surface area contributed by atoms with Gasteiger partial charge in [-0.1, -0.05) is 27.7 Å². The molecule has 0 spiro atoms. The maximum atomic E-state index is 3.50. The zero-order valence-electron chi connectivity index (χ0n) is 7.52. The molecule has 0 aromatic carbocycles. The minimum absolute atomic E-state index is 0.822. The van der Waals surface area contributed by atoms with Crippen molar-refractivity contribution >= 4 is 0 Å². The highest BCUT2D eigenvalue weighted by atomic mass is 15.1. The molecule has 0 amide bonds. The van der Waals surface area contributed by atoms with Gasteiger partial charge in [0.1, 0.15) is 0 Å². The lowest BCUT2D eigenvalue weighted by Gasteiger charge is -2.02. The van der Waals surface area contributed by atoms with Gasteiger partial charge in [0.05, 0.1) is 0 Å². The standard InChI is InChI=1S/C9H19N/c1-6(2)5-8-9(10-8)7(3)4/h6-10H,5H2,1-4H3. The third-order valence-corrected chi connectivity index (χ3v) is 2.17. The summed E-state index contributed by atoms with van der Waals surface area (Å²) in [5, 5.41) is 3.50. The highest BCUT2D eigenvalue weighted by molar-refractivity contribution is 4.99. The van der Waals surface area contributed by atoms with E-state index in [1.54, 1.807) is 0 Å². The lowest BCUT2D eigenvalue weighted by molar-refractivity contribution is 0.543. The number of hydrogen-bond acceptors (Lipinski definition) is 1. The van der Waals surface area contributed by atoms with Crippen LogP contribution in [0.15, 0.2) is 0 Å². The molecule has 1 heteroatoms. The van der Waals surface area contributed by atoms with Gasteiger partial charge in [0, 0.05) is 12.1 Å². The predicted octanol–water partition coefficient (Wildman–Crippen LogP) is 2.03. The zero-order valence-corrected chi connectivity index (χ0v) is 7.52. The Morgan fingerprint density at radius 2 is 1.80 bits per heavy atom. The van der Waals surface area contributed by atoms with Gasteiger partial charge in [0.2, 0.25) is 0 Å². The summed E-state index contributed by atoms with van der Waals surface area (Å²) in [6, 6.07) is 1.65. The van der Waals surface area contributed by atoms with Crippen LogP contribution in [0, 0.1) is 11.8 Å². The fraction of sp³-hybridized carbons (Fsp3) is 1.00. The smallest absolute Gasteiger partial charge is 0.0247 e. The second-order valence-electron chi connectivity index (χ2n) is 4.17. The van der Waals surface area contributed by atoms with Gasteiger partial charge in [-0.05, 0) is 18.3 Å². The van der Waals surface area contributed by atoms with Crippen LogP contribution in [0.2, 0.25) is 0 Å². The van der Waals surface area contributed by atoms with Gasteiger partial charge in [-0.25, -0.2) is 0 Å². The first-order chi connectivity index (χ1) is 4.61. The minimum Gasteiger partial charge on any atom is -0.308 e. The van der Waals surface area contributed by atoms with E-state index in [4.69, 9.17) is 0 Å². The van der Waals surface area contributed by atoms with Gasteiger partial charge in [-0.2, -0.15) is 0 Å². The zero-order chi connectivity index (χ0) is 7.72. The molecule has 1 fully saturated rings. The third kappa shape index (κ3) is 1.98. The Kier molecular flexibility index (Phi) is 2.35. The summed E-state index contributed by atoms with van der Waals surface area (Å²) in [6.07, 6.45) is 1.35. The Labute approximate surface area is 64.2 Å². The molecule has 1 aliphatic heterocycles. The van der Waals surface area contributed by atoms with E-state index >= 15 is 0 Å². The summed E-state index contributed by atoms with van der Waals surface area (Å²) < 4.78 is 0. The van der Waals surface area contributed by atoms with Crippen molar-refractivity contribution < 1.29 is 0 Å². The maximum absolute atomic E-state index is 3.50. The molecule has 2 unspecified atom stereocenters. The first kappa shape index (κ1) is 8.06. The number of hydrogen-bond donors (Lipinski definition) is 1. The summed E-state index contributed by atoms with van der Waals surface area (Å²) >= 11 is 0. The molecule has 2 atom stereocenters. The molecule has 1 nitrogen and oxygen atoms in total. The highest BCUT2D eigenvalue weighted by Gasteiger charge is 2.37. The van der Waals surface area contributed by atoms with E-state index in [1.165, 1.54) is 6.42 Å². The van der Waals surface area contributed by atoms with Crippen LogP contribution in [0.5, 0.6) is 0 Å². The summed E-state index contributed by atoms with van der Waals surface area (Å²) in [5.41, 5.74) is 0. The van der Waals surface area contributed by atoms with Crippen molar-refractivity contribution in [3.63, 3.8) is 0 Å². The van der Waals surface area contributed by atoms with Crippen LogP contribution in [0.3, 0.4) is 0 Å². The van der Waals surface area contributed by atoms with Gasteiger partial charge >= 0.3 is 0 Å². The molecule has 0 saturated carbocycles. The van der Waals surface area contributed by atoms with Crippen molar-refractivity contribution in [3.8, 4) is 0 Å². The van der Waals surface area contributed by atoms with Gasteiger partial charge < -0.3 is 5.32 Å². The van der Waals surface area contributed by atoms with Gasteiger partial charge in [-0.3, -0.25) is 0 Å². The molecule has 10 heavy (non-hydrogen) atoms. The highest BCUT2D eigenvalue weighted by Crippen LogP contribution is 2.25. The number of nitrogens with one attached hydrogen (secondary N) is 1. The van der Waals surface area contributed by atoms with Gasteiger partial charge in [0.25, 0.3) is 0 Å². The molecule has 1 saturated heterocycles. The Bertz CT molecular complexity index is 107. The molecule has 1 aliphatic rings. The fourth-order valence-electron chi connectivity index (χ4n) is 1.57. The third-order valence-electron chi connectivity index (χ3n) is 2.17. The summed E-state index contributed by atoms with van der Waals surface area (Å²) in [5.74, 6) is 1.67. The molecule has 0 radical (unpaired) electrons. The summed E-state index contributed by atoms with van der Waals surface area (Å²) in [4.78, 5) is 0. The molecule has 0 bridgehead atoms. The monoisotopic (exact) mass is 141 g/mol. The van der Waals surface area contributed by atoms with E-state index in [1.807, 2.05) is 0 Å². The van der Waals surface area contributed by atoms with Crippen LogP contribution in [0.25, 0.3) is 0 Å². The molecule has 0 aromatic heterocycles. The number of rotatable bonds is 3. The maximum Gasteiger partial charge on any atom is 0.0247 e. The predicted molar refractivity (Wildman–Crippen MR) is 45.0 cm³/mol. The average Bonchev–Trinajstić information content (AvgIpc) is 2.43. The van der Waals surface area contributed by atoms with Crippen LogP contribution in [-0.4, -0.2) is 12.1 Å². The second kappa shape index (κ2) is 2.91. The van der Waals surface area contributed by atoms with Crippen LogP contribution in [0.1, 0.15) is 34.1 Å². The molecule has 1 rings (SSSR count). The molecule has 60 valence electrons. The van der Waals surface area contributed by atoms with Crippen molar-refractivity contribution in [3.05, 3.63) is 0 Å². The SMILES string of the molecule is CC(C)CC1NC1C(C)C. The van der Waals surface area contributed by atoms with Crippen molar-refractivity contribution in [2.75, 3.05) is 0 Å². The first-order valence-electron chi connectivity index (χ1n) is 4.37. The molecule has 0 aliphatic carbocycles. The topological polar surface area (TPSA) is 21.9 Å². The van der Waals surface area contributed by atoms with E-state index in [9.17, 15) is 0 Å².